The Morgan fingerprint density at radius 2 is 2.11 bits per heavy atom. The first-order chi connectivity index (χ1) is 9.08. The second kappa shape index (κ2) is 5.87. The van der Waals surface area contributed by atoms with Gasteiger partial charge in [0.1, 0.15) is 0 Å². The average Bonchev–Trinajstić information content (AvgIpc) is 2.41. The van der Waals surface area contributed by atoms with Crippen LogP contribution in [0.25, 0.3) is 0 Å². The molecular weight excluding hydrogens is 242 g/mol. The molecule has 0 bridgehead atoms. The van der Waals surface area contributed by atoms with Crippen LogP contribution in [0, 0.1) is 0 Å². The number of hydrogen-bond donors (Lipinski definition) is 0. The molecule has 1 fully saturated rings. The number of ether oxygens (including phenoxy) is 1. The Morgan fingerprint density at radius 3 is 2.79 bits per heavy atom. The Labute approximate surface area is 113 Å². The SMILES string of the molecule is CN(C)c1cccc(C(=O)O[C@@H]2CCCCC2=O)c1. The summed E-state index contributed by atoms with van der Waals surface area (Å²) in [6.45, 7) is 0. The molecule has 1 saturated carbocycles. The van der Waals surface area contributed by atoms with Crippen LogP contribution in [0.2, 0.25) is 0 Å². The Morgan fingerprint density at radius 1 is 1.32 bits per heavy atom. The summed E-state index contributed by atoms with van der Waals surface area (Å²) in [6.07, 6.45) is 2.47. The van der Waals surface area contributed by atoms with Crippen LogP contribution in [0.1, 0.15) is 36.0 Å². The lowest BCUT2D eigenvalue weighted by atomic mass is 9.96. The maximum Gasteiger partial charge on any atom is 0.338 e. The maximum atomic E-state index is 12.0. The molecule has 1 atom stereocenters. The van der Waals surface area contributed by atoms with Crippen LogP contribution in [0.5, 0.6) is 0 Å². The van der Waals surface area contributed by atoms with Crippen molar-refractivity contribution < 1.29 is 14.3 Å². The molecule has 19 heavy (non-hydrogen) atoms. The van der Waals surface area contributed by atoms with Gasteiger partial charge in [-0.2, -0.15) is 0 Å². The summed E-state index contributed by atoms with van der Waals surface area (Å²) in [5.41, 5.74) is 1.42. The van der Waals surface area contributed by atoms with Crippen LogP contribution in [0.15, 0.2) is 24.3 Å². The normalized spacial score (nSPS) is 19.1. The first-order valence-electron chi connectivity index (χ1n) is 6.59. The molecule has 4 nitrogen and oxygen atoms in total. The number of rotatable bonds is 3. The zero-order chi connectivity index (χ0) is 13.8. The summed E-state index contributed by atoms with van der Waals surface area (Å²) in [5, 5.41) is 0. The second-order valence-corrected chi connectivity index (χ2v) is 5.05. The van der Waals surface area contributed by atoms with E-state index >= 15 is 0 Å². The third-order valence-corrected chi connectivity index (χ3v) is 3.35. The van der Waals surface area contributed by atoms with Crippen molar-refractivity contribution in [1.82, 2.24) is 0 Å². The minimum Gasteiger partial charge on any atom is -0.451 e. The van der Waals surface area contributed by atoms with E-state index < -0.39 is 12.1 Å². The van der Waals surface area contributed by atoms with E-state index in [2.05, 4.69) is 0 Å². The highest BCUT2D eigenvalue weighted by Crippen LogP contribution is 2.20. The van der Waals surface area contributed by atoms with E-state index in [9.17, 15) is 9.59 Å². The molecule has 0 aromatic heterocycles. The van der Waals surface area contributed by atoms with Crippen molar-refractivity contribution >= 4 is 17.4 Å². The highest BCUT2D eigenvalue weighted by Gasteiger charge is 2.26. The largest absolute Gasteiger partial charge is 0.451 e. The predicted octanol–water partition coefficient (Wildman–Crippen LogP) is 2.42. The number of ketones is 1. The predicted molar refractivity (Wildman–Crippen MR) is 73.4 cm³/mol. The number of nitrogens with zero attached hydrogens (tertiary/aromatic N) is 1. The molecule has 0 radical (unpaired) electrons. The number of anilines is 1. The van der Waals surface area contributed by atoms with E-state index in [0.29, 0.717) is 18.4 Å². The van der Waals surface area contributed by atoms with E-state index in [4.69, 9.17) is 4.74 Å². The molecule has 1 aliphatic rings. The molecule has 1 aliphatic carbocycles. The number of carbonyl (C=O) groups excluding carboxylic acids is 2. The van der Waals surface area contributed by atoms with E-state index in [0.717, 1.165) is 18.5 Å². The maximum absolute atomic E-state index is 12.0. The monoisotopic (exact) mass is 261 g/mol. The smallest absolute Gasteiger partial charge is 0.338 e. The Hall–Kier alpha value is -1.84. The van der Waals surface area contributed by atoms with Gasteiger partial charge in [-0.3, -0.25) is 4.79 Å². The highest BCUT2D eigenvalue weighted by atomic mass is 16.5. The van der Waals surface area contributed by atoms with Crippen molar-refractivity contribution in [3.63, 3.8) is 0 Å². The molecule has 0 N–H and O–H groups in total. The Kier molecular flexibility index (Phi) is 4.20. The molecule has 0 spiro atoms. The van der Waals surface area contributed by atoms with Gasteiger partial charge < -0.3 is 9.64 Å². The van der Waals surface area contributed by atoms with E-state index in [1.807, 2.05) is 31.1 Å². The summed E-state index contributed by atoms with van der Waals surface area (Å²) < 4.78 is 5.32. The van der Waals surface area contributed by atoms with Crippen molar-refractivity contribution in [2.24, 2.45) is 0 Å². The fourth-order valence-electron chi connectivity index (χ4n) is 2.18. The quantitative estimate of drug-likeness (QED) is 0.784. The molecule has 1 aromatic carbocycles. The minimum atomic E-state index is -0.552. The molecule has 4 heteroatoms. The number of Topliss-reactive ketones (excluding diaryl/α,β-unsaturated/α-hetero) is 1. The lowest BCUT2D eigenvalue weighted by Gasteiger charge is -2.21. The second-order valence-electron chi connectivity index (χ2n) is 5.05. The van der Waals surface area contributed by atoms with E-state index in [1.54, 1.807) is 12.1 Å². The molecular formula is C15H19NO3. The van der Waals surface area contributed by atoms with E-state index in [1.165, 1.54) is 0 Å². The zero-order valence-electron chi connectivity index (χ0n) is 11.4. The lowest BCUT2D eigenvalue weighted by molar-refractivity contribution is -0.129. The molecule has 2 rings (SSSR count). The standard InChI is InChI=1S/C15H19NO3/c1-16(2)12-7-5-6-11(10-12)15(18)19-14-9-4-3-8-13(14)17/h5-7,10,14H,3-4,8-9H2,1-2H3/t14-/m1/s1. The summed E-state index contributed by atoms with van der Waals surface area (Å²) in [5.74, 6) is -0.368. The molecule has 0 unspecified atom stereocenters. The van der Waals surface area contributed by atoms with Gasteiger partial charge in [0.2, 0.25) is 0 Å². The van der Waals surface area contributed by atoms with Crippen molar-refractivity contribution in [2.75, 3.05) is 19.0 Å². The van der Waals surface area contributed by atoms with Gasteiger partial charge in [-0.1, -0.05) is 6.07 Å². The first-order valence-corrected chi connectivity index (χ1v) is 6.59. The third-order valence-electron chi connectivity index (χ3n) is 3.35. The highest BCUT2D eigenvalue weighted by molar-refractivity contribution is 5.93. The number of esters is 1. The average molecular weight is 261 g/mol. The molecule has 102 valence electrons. The summed E-state index contributed by atoms with van der Waals surface area (Å²) in [7, 11) is 3.82. The molecule has 1 aromatic rings. The fourth-order valence-corrected chi connectivity index (χ4v) is 2.18. The molecule has 0 saturated heterocycles. The molecule has 0 heterocycles. The Bertz CT molecular complexity index is 482. The summed E-state index contributed by atoms with van der Waals surface area (Å²) in [6, 6.07) is 7.22. The van der Waals surface area contributed by atoms with Crippen LogP contribution in [-0.2, 0) is 9.53 Å². The van der Waals surface area contributed by atoms with Crippen molar-refractivity contribution in [3.05, 3.63) is 29.8 Å². The van der Waals surface area contributed by atoms with Crippen molar-refractivity contribution in [3.8, 4) is 0 Å². The van der Waals surface area contributed by atoms with Crippen LogP contribution in [-0.4, -0.2) is 32.0 Å². The van der Waals surface area contributed by atoms with Gasteiger partial charge in [-0.25, -0.2) is 4.79 Å². The van der Waals surface area contributed by atoms with Crippen molar-refractivity contribution in [1.29, 1.82) is 0 Å². The number of benzene rings is 1. The number of hydrogen-bond acceptors (Lipinski definition) is 4. The summed E-state index contributed by atoms with van der Waals surface area (Å²) >= 11 is 0. The van der Waals surface area contributed by atoms with Gasteiger partial charge in [-0.05, 0) is 37.5 Å². The van der Waals surface area contributed by atoms with Crippen LogP contribution < -0.4 is 4.90 Å². The van der Waals surface area contributed by atoms with Gasteiger partial charge in [0.15, 0.2) is 11.9 Å². The third kappa shape index (κ3) is 3.34. The van der Waals surface area contributed by atoms with Crippen LogP contribution in [0.3, 0.4) is 0 Å². The van der Waals surface area contributed by atoms with E-state index in [-0.39, 0.29) is 5.78 Å². The molecule has 0 aliphatic heterocycles. The van der Waals surface area contributed by atoms with Gasteiger partial charge in [0, 0.05) is 26.2 Å². The van der Waals surface area contributed by atoms with Gasteiger partial charge in [-0.15, -0.1) is 0 Å². The van der Waals surface area contributed by atoms with Crippen LogP contribution in [0.4, 0.5) is 5.69 Å². The Balaban J connectivity index is 2.07. The molecule has 0 amide bonds. The topological polar surface area (TPSA) is 46.6 Å². The van der Waals surface area contributed by atoms with Crippen molar-refractivity contribution in [2.45, 2.75) is 31.8 Å². The minimum absolute atomic E-state index is 0.0448. The fraction of sp³-hybridized carbons (Fsp3) is 0.467. The van der Waals surface area contributed by atoms with Gasteiger partial charge in [0.25, 0.3) is 0 Å². The first kappa shape index (κ1) is 13.6. The van der Waals surface area contributed by atoms with Gasteiger partial charge >= 0.3 is 5.97 Å². The van der Waals surface area contributed by atoms with Gasteiger partial charge in [0.05, 0.1) is 5.56 Å². The zero-order valence-corrected chi connectivity index (χ0v) is 11.4. The summed E-state index contributed by atoms with van der Waals surface area (Å²) in [4.78, 5) is 25.6. The van der Waals surface area contributed by atoms with Crippen LogP contribution >= 0.6 is 0 Å². The lowest BCUT2D eigenvalue weighted by Crippen LogP contribution is -2.30. The number of carbonyl (C=O) groups is 2.